The molecule has 10 nitrogen and oxygen atoms in total. The van der Waals surface area contributed by atoms with Gasteiger partial charge in [-0.1, -0.05) is 0 Å². The van der Waals surface area contributed by atoms with Crippen LogP contribution in [-0.4, -0.2) is 73.3 Å². The Labute approximate surface area is 141 Å². The van der Waals surface area contributed by atoms with Crippen molar-refractivity contribution in [2.75, 3.05) is 54.7 Å². The highest BCUT2D eigenvalue weighted by Gasteiger charge is 2.08. The third-order valence-corrected chi connectivity index (χ3v) is 3.89. The van der Waals surface area contributed by atoms with Gasteiger partial charge in [0.1, 0.15) is 0 Å². The summed E-state index contributed by atoms with van der Waals surface area (Å²) >= 11 is -1.07. The average molecular weight is 402 g/mol. The quantitative estimate of drug-likeness (QED) is 0.378. The fourth-order valence-electron chi connectivity index (χ4n) is 0.0745. The molecule has 0 aliphatic heterocycles. The second kappa shape index (κ2) is 18.0. The number of ether oxygens (including phenoxy) is 1. The van der Waals surface area contributed by atoms with Crippen molar-refractivity contribution in [1.82, 2.24) is 0 Å². The predicted octanol–water partition coefficient (Wildman–Crippen LogP) is 0.800. The second-order valence-corrected chi connectivity index (χ2v) is 8.42. The van der Waals surface area contributed by atoms with Gasteiger partial charge in [0.2, 0.25) is 0 Å². The van der Waals surface area contributed by atoms with Crippen molar-refractivity contribution in [2.45, 2.75) is 6.92 Å². The molecule has 0 fully saturated rings. The molecule has 0 spiro atoms. The molecule has 0 amide bonds. The second-order valence-electron chi connectivity index (χ2n) is 3.27. The Hall–Kier alpha value is -0.360. The van der Waals surface area contributed by atoms with Gasteiger partial charge in [-0.25, -0.2) is 4.21 Å². The molecule has 13 heteroatoms. The summed E-state index contributed by atoms with van der Waals surface area (Å²) in [5, 5.41) is 0. The van der Waals surface area contributed by atoms with Crippen LogP contribution in [0.15, 0.2) is 0 Å². The molecule has 0 rings (SSSR count). The van der Waals surface area contributed by atoms with Gasteiger partial charge < -0.3 is 13.8 Å². The largest absolute Gasteiger partial charge is 0.469 e. The minimum Gasteiger partial charge on any atom is -0.469 e. The van der Waals surface area contributed by atoms with Crippen LogP contribution < -0.4 is 0 Å². The minimum atomic E-state index is -3.16. The summed E-state index contributed by atoms with van der Waals surface area (Å²) in [6.07, 6.45) is 2.47. The Morgan fingerprint density at radius 3 is 1.26 bits per heavy atom. The topological polar surface area (TPSA) is 132 Å². The van der Waals surface area contributed by atoms with Crippen LogP contribution in [0.1, 0.15) is 6.92 Å². The van der Waals surface area contributed by atoms with Crippen LogP contribution in [0, 0.1) is 0 Å². The van der Waals surface area contributed by atoms with Gasteiger partial charge in [0.05, 0.1) is 27.6 Å². The molecule has 0 aliphatic carbocycles. The zero-order valence-corrected chi connectivity index (χ0v) is 17.4. The molecule has 23 heavy (non-hydrogen) atoms. The Kier molecular flexibility index (Phi) is 23.9. The van der Waals surface area contributed by atoms with E-state index < -0.39 is 28.8 Å². The molecule has 1 unspecified atom stereocenters. The maximum atomic E-state index is 10.5. The van der Waals surface area contributed by atoms with Crippen LogP contribution in [-0.2, 0) is 52.7 Å². The van der Waals surface area contributed by atoms with Crippen LogP contribution in [0.25, 0.3) is 0 Å². The number of carbonyl (C=O) groups is 1. The Bertz CT molecular complexity index is 427. The molecule has 0 saturated carbocycles. The molecule has 1 atom stereocenters. The van der Waals surface area contributed by atoms with Crippen LogP contribution in [0.4, 0.5) is 0 Å². The average Bonchev–Trinajstić information content (AvgIpc) is 2.48. The van der Waals surface area contributed by atoms with E-state index in [4.69, 9.17) is 0 Å². The van der Waals surface area contributed by atoms with Crippen LogP contribution in [0.3, 0.4) is 0 Å². The van der Waals surface area contributed by atoms with E-state index in [0.29, 0.717) is 0 Å². The first-order valence-corrected chi connectivity index (χ1v) is 10.9. The number of carbonyl (C=O) groups excluding carboxylic acids is 1. The van der Waals surface area contributed by atoms with Gasteiger partial charge in [-0.2, -0.15) is 8.42 Å². The molecule has 0 heterocycles. The van der Waals surface area contributed by atoms with E-state index in [0.717, 1.165) is 13.4 Å². The third-order valence-electron chi connectivity index (χ3n) is 1.49. The van der Waals surface area contributed by atoms with Crippen LogP contribution in [0.5, 0.6) is 0 Å². The van der Waals surface area contributed by atoms with E-state index in [9.17, 15) is 22.0 Å². The molecule has 0 N–H and O–H groups in total. The molecular formula is C10H27O10PS2. The molecule has 0 radical (unpaired) electrons. The Balaban J connectivity index is -0.000000106. The van der Waals surface area contributed by atoms with Gasteiger partial charge in [0.15, 0.2) is 11.1 Å². The number of hydrogen-bond donors (Lipinski definition) is 0. The van der Waals surface area contributed by atoms with E-state index in [1.807, 2.05) is 0 Å². The van der Waals surface area contributed by atoms with E-state index in [1.165, 1.54) is 48.3 Å². The van der Waals surface area contributed by atoms with Crippen molar-refractivity contribution in [2.24, 2.45) is 0 Å². The van der Waals surface area contributed by atoms with Gasteiger partial charge in [-0.3, -0.25) is 17.7 Å². The smallest absolute Gasteiger partial charge is 0.327 e. The van der Waals surface area contributed by atoms with Gasteiger partial charge >= 0.3 is 13.6 Å². The van der Waals surface area contributed by atoms with E-state index >= 15 is 0 Å². The zero-order chi connectivity index (χ0) is 19.7. The summed E-state index contributed by atoms with van der Waals surface area (Å²) in [4.78, 5) is 9.59. The van der Waals surface area contributed by atoms with Crippen LogP contribution in [0.2, 0.25) is 0 Å². The first-order valence-electron chi connectivity index (χ1n) is 5.59. The van der Waals surface area contributed by atoms with Gasteiger partial charge in [-0.15, -0.1) is 0 Å². The van der Waals surface area contributed by atoms with Gasteiger partial charge in [0.25, 0.3) is 10.1 Å². The van der Waals surface area contributed by atoms with Crippen molar-refractivity contribution in [3.8, 4) is 0 Å². The lowest BCUT2D eigenvalue weighted by Crippen LogP contribution is -1.95. The molecule has 0 aliphatic rings. The highest BCUT2D eigenvalue weighted by Crippen LogP contribution is 2.40. The normalized spacial score (nSPS) is 11.3. The number of methoxy groups -OCH3 is 1. The number of hydrogen-bond acceptors (Lipinski definition) is 10. The summed E-state index contributed by atoms with van der Waals surface area (Å²) in [5.74, 6) is -0.245. The van der Waals surface area contributed by atoms with Gasteiger partial charge in [0, 0.05) is 34.1 Å². The van der Waals surface area contributed by atoms with Crippen molar-refractivity contribution in [1.29, 1.82) is 0 Å². The molecule has 0 aromatic heterocycles. The summed E-state index contributed by atoms with van der Waals surface area (Å²) in [7, 11) is 0.755. The fourth-order valence-corrected chi connectivity index (χ4v) is 0.224. The molecular weight excluding hydrogens is 375 g/mol. The Morgan fingerprint density at radius 1 is 1.04 bits per heavy atom. The molecule has 0 saturated heterocycles. The number of rotatable bonds is 4. The molecule has 0 aromatic rings. The fraction of sp³-hybridized carbons (Fsp3) is 0.900. The summed E-state index contributed by atoms with van der Waals surface area (Å²) in [6.45, 7) is 2.77. The van der Waals surface area contributed by atoms with Crippen molar-refractivity contribution >= 4 is 34.8 Å². The van der Waals surface area contributed by atoms with Crippen LogP contribution >= 0.6 is 7.60 Å². The summed E-state index contributed by atoms with van der Waals surface area (Å²) in [6, 6.07) is 0. The monoisotopic (exact) mass is 402 g/mol. The lowest BCUT2D eigenvalue weighted by atomic mass is 10.8. The maximum Gasteiger partial charge on any atom is 0.327 e. The highest BCUT2D eigenvalue weighted by atomic mass is 32.2. The number of esters is 1. The zero-order valence-electron chi connectivity index (χ0n) is 14.8. The van der Waals surface area contributed by atoms with Crippen molar-refractivity contribution in [3.05, 3.63) is 0 Å². The lowest BCUT2D eigenvalue weighted by Gasteiger charge is -2.04. The minimum absolute atomic E-state index is 0.245. The SMILES string of the molecule is COC(C)=O.COP(C)(=O)OC.COS(C)(=O)=O.COS(C)=O. The standard InChI is InChI=1S/C3H9O3P.C3H6O2.C2H6O3S.C2H6O2S/c1-5-7(3,4)6-2;1-3(4)5-2;1-5-6(2,3)4;1-4-5(2)3/h1-3H3;1-2H3;1-2H3;1-2H3. The maximum absolute atomic E-state index is 10.5. The molecule has 0 aromatic carbocycles. The van der Waals surface area contributed by atoms with Crippen molar-refractivity contribution < 1.29 is 44.1 Å². The lowest BCUT2D eigenvalue weighted by molar-refractivity contribution is -0.137. The molecule has 144 valence electrons. The van der Waals surface area contributed by atoms with E-state index in [1.54, 1.807) is 0 Å². The predicted molar refractivity (Wildman–Crippen MR) is 88.2 cm³/mol. The van der Waals surface area contributed by atoms with Crippen molar-refractivity contribution in [3.63, 3.8) is 0 Å². The first kappa shape index (κ1) is 30.5. The summed E-state index contributed by atoms with van der Waals surface area (Å²) < 4.78 is 60.8. The Morgan fingerprint density at radius 2 is 1.26 bits per heavy atom. The third kappa shape index (κ3) is 52.2. The first-order chi connectivity index (χ1) is 10.2. The summed E-state index contributed by atoms with van der Waals surface area (Å²) in [5.41, 5.74) is 0. The van der Waals surface area contributed by atoms with Gasteiger partial charge in [-0.05, 0) is 0 Å². The van der Waals surface area contributed by atoms with E-state index in [2.05, 4.69) is 22.2 Å². The highest BCUT2D eigenvalue weighted by molar-refractivity contribution is 7.85. The van der Waals surface area contributed by atoms with E-state index in [-0.39, 0.29) is 5.97 Å². The molecule has 0 bridgehead atoms.